The molecule has 1 atom stereocenters. The van der Waals surface area contributed by atoms with E-state index in [0.717, 1.165) is 24.6 Å². The predicted molar refractivity (Wildman–Crippen MR) is 126 cm³/mol. The van der Waals surface area contributed by atoms with Crippen molar-refractivity contribution < 1.29 is 4.79 Å². The van der Waals surface area contributed by atoms with Crippen LogP contribution in [0.3, 0.4) is 0 Å². The monoisotopic (exact) mass is 500 g/mol. The Labute approximate surface area is 183 Å². The Balaban J connectivity index is 0.00000364. The van der Waals surface area contributed by atoms with Crippen molar-refractivity contribution in [2.75, 3.05) is 26.2 Å². The van der Waals surface area contributed by atoms with E-state index in [1.165, 1.54) is 4.88 Å². The number of carbonyl (C=O) groups excluding carboxylic acids is 1. The highest BCUT2D eigenvalue weighted by Gasteiger charge is 2.07. The van der Waals surface area contributed by atoms with Crippen molar-refractivity contribution in [1.82, 2.24) is 16.0 Å². The summed E-state index contributed by atoms with van der Waals surface area (Å²) in [5.74, 6) is 1.12. The molecule has 1 unspecified atom stereocenters. The molecule has 0 spiro atoms. The van der Waals surface area contributed by atoms with E-state index in [-0.39, 0.29) is 29.9 Å². The van der Waals surface area contributed by atoms with E-state index in [4.69, 9.17) is 0 Å². The van der Waals surface area contributed by atoms with E-state index in [1.54, 1.807) is 11.3 Å². The zero-order valence-corrected chi connectivity index (χ0v) is 19.3. The molecule has 0 saturated carbocycles. The van der Waals surface area contributed by atoms with Gasteiger partial charge in [-0.05, 0) is 37.4 Å². The van der Waals surface area contributed by atoms with Gasteiger partial charge >= 0.3 is 0 Å². The third-order valence-corrected chi connectivity index (χ3v) is 4.98. The van der Waals surface area contributed by atoms with Gasteiger partial charge in [-0.25, -0.2) is 0 Å². The molecular weight excluding hydrogens is 471 g/mol. The molecule has 1 amide bonds. The molecule has 1 heterocycles. The van der Waals surface area contributed by atoms with Crippen LogP contribution in [-0.2, 0) is 0 Å². The van der Waals surface area contributed by atoms with Crippen molar-refractivity contribution in [2.45, 2.75) is 26.7 Å². The molecule has 3 N–H and O–H groups in total. The minimum absolute atomic E-state index is 0. The van der Waals surface area contributed by atoms with Gasteiger partial charge in [0.15, 0.2) is 5.96 Å². The molecule has 0 aliphatic carbocycles. The molecule has 5 nitrogen and oxygen atoms in total. The lowest BCUT2D eigenvalue weighted by Gasteiger charge is -2.13. The van der Waals surface area contributed by atoms with Crippen LogP contribution in [0.1, 0.15) is 40.6 Å². The first-order valence-corrected chi connectivity index (χ1v) is 9.88. The average molecular weight is 500 g/mol. The summed E-state index contributed by atoms with van der Waals surface area (Å²) in [7, 11) is 0. The minimum atomic E-state index is -0.0521. The first-order valence-electron chi connectivity index (χ1n) is 9.00. The molecule has 0 aliphatic heterocycles. The molecule has 0 aliphatic rings. The van der Waals surface area contributed by atoms with Crippen LogP contribution in [0, 0.1) is 6.92 Å². The summed E-state index contributed by atoms with van der Waals surface area (Å²) in [5, 5.41) is 11.5. The van der Waals surface area contributed by atoms with Gasteiger partial charge in [-0.15, -0.1) is 35.3 Å². The Bertz CT molecular complexity index is 719. The fraction of sp³-hybridized carbons (Fsp3) is 0.400. The van der Waals surface area contributed by atoms with Gasteiger partial charge in [-0.2, -0.15) is 0 Å². The second-order valence-corrected chi connectivity index (χ2v) is 7.17. The van der Waals surface area contributed by atoms with E-state index in [2.05, 4.69) is 45.4 Å². The fourth-order valence-corrected chi connectivity index (χ4v) is 3.26. The van der Waals surface area contributed by atoms with Crippen LogP contribution in [0.15, 0.2) is 46.8 Å². The Morgan fingerprint density at radius 1 is 1.15 bits per heavy atom. The molecule has 1 aromatic carbocycles. The first kappa shape index (κ1) is 23.4. The maximum Gasteiger partial charge on any atom is 0.251 e. The van der Waals surface area contributed by atoms with Gasteiger partial charge in [0.05, 0.1) is 6.54 Å². The second-order valence-electron chi connectivity index (χ2n) is 6.19. The highest BCUT2D eigenvalue weighted by atomic mass is 127. The van der Waals surface area contributed by atoms with Crippen molar-refractivity contribution in [3.63, 3.8) is 0 Å². The molecule has 27 heavy (non-hydrogen) atoms. The normalized spacial score (nSPS) is 12.0. The molecule has 2 aromatic rings. The Morgan fingerprint density at radius 2 is 1.93 bits per heavy atom. The van der Waals surface area contributed by atoms with Crippen molar-refractivity contribution in [3.05, 3.63) is 57.8 Å². The fourth-order valence-electron chi connectivity index (χ4n) is 2.48. The number of carbonyl (C=O) groups is 1. The lowest BCUT2D eigenvalue weighted by atomic mass is 10.1. The maximum absolute atomic E-state index is 12.1. The molecule has 0 fully saturated rings. The van der Waals surface area contributed by atoms with Gasteiger partial charge in [0.2, 0.25) is 0 Å². The summed E-state index contributed by atoms with van der Waals surface area (Å²) < 4.78 is 0. The van der Waals surface area contributed by atoms with Crippen molar-refractivity contribution >= 4 is 47.2 Å². The first-order chi connectivity index (χ1) is 12.6. The molecule has 7 heteroatoms. The van der Waals surface area contributed by atoms with E-state index in [0.29, 0.717) is 24.6 Å². The number of benzene rings is 1. The average Bonchev–Trinajstić information content (AvgIpc) is 3.17. The van der Waals surface area contributed by atoms with Gasteiger partial charge < -0.3 is 16.0 Å². The lowest BCUT2D eigenvalue weighted by molar-refractivity contribution is 0.0954. The number of guanidine groups is 1. The zero-order valence-electron chi connectivity index (χ0n) is 16.1. The highest BCUT2D eigenvalue weighted by molar-refractivity contribution is 14.0. The Morgan fingerprint density at radius 3 is 2.59 bits per heavy atom. The van der Waals surface area contributed by atoms with Gasteiger partial charge in [0.25, 0.3) is 5.91 Å². The number of nitrogens with zero attached hydrogens (tertiary/aromatic N) is 1. The third-order valence-electron chi connectivity index (χ3n) is 3.88. The van der Waals surface area contributed by atoms with Crippen molar-refractivity contribution in [3.8, 4) is 0 Å². The summed E-state index contributed by atoms with van der Waals surface area (Å²) in [4.78, 5) is 18.1. The number of hydrogen-bond acceptors (Lipinski definition) is 3. The number of aliphatic imine (C=N–C) groups is 1. The summed E-state index contributed by atoms with van der Waals surface area (Å²) in [6, 6.07) is 11.8. The van der Waals surface area contributed by atoms with Crippen LogP contribution in [-0.4, -0.2) is 38.0 Å². The molecule has 0 saturated heterocycles. The van der Waals surface area contributed by atoms with Crippen LogP contribution in [0.2, 0.25) is 0 Å². The molecule has 1 aromatic heterocycles. The number of halogens is 1. The number of rotatable bonds is 8. The third kappa shape index (κ3) is 8.30. The Kier molecular flexibility index (Phi) is 11.0. The quantitative estimate of drug-likeness (QED) is 0.224. The summed E-state index contributed by atoms with van der Waals surface area (Å²) in [5.41, 5.74) is 1.77. The molecule has 0 bridgehead atoms. The number of amides is 1. The predicted octanol–water partition coefficient (Wildman–Crippen LogP) is 3.76. The van der Waals surface area contributed by atoms with Crippen LogP contribution in [0.25, 0.3) is 0 Å². The largest absolute Gasteiger partial charge is 0.357 e. The van der Waals surface area contributed by atoms with Gasteiger partial charge in [-0.3, -0.25) is 9.79 Å². The second kappa shape index (κ2) is 12.7. The van der Waals surface area contributed by atoms with Crippen LogP contribution < -0.4 is 16.0 Å². The topological polar surface area (TPSA) is 65.5 Å². The number of hydrogen-bond donors (Lipinski definition) is 3. The van der Waals surface area contributed by atoms with Gasteiger partial charge in [-0.1, -0.05) is 30.7 Å². The van der Waals surface area contributed by atoms with Crippen LogP contribution >= 0.6 is 35.3 Å². The molecule has 148 valence electrons. The maximum atomic E-state index is 12.1. The van der Waals surface area contributed by atoms with E-state index >= 15 is 0 Å². The number of nitrogens with one attached hydrogen (secondary N) is 3. The standard InChI is InChI=1S/C20H28N4OS.HI/c1-4-21-20(24-14-16(3)18-9-6-12-26-18)23-11-10-22-19(25)17-8-5-7-15(2)13-17;/h5-9,12-13,16H,4,10-11,14H2,1-3H3,(H,22,25)(H2,21,23,24);1H. The minimum Gasteiger partial charge on any atom is -0.357 e. The molecular formula is C20H29IN4OS. The van der Waals surface area contributed by atoms with Crippen molar-refractivity contribution in [2.24, 2.45) is 4.99 Å². The summed E-state index contributed by atoms with van der Waals surface area (Å²) >= 11 is 1.76. The lowest BCUT2D eigenvalue weighted by Crippen LogP contribution is -2.41. The van der Waals surface area contributed by atoms with E-state index < -0.39 is 0 Å². The highest BCUT2D eigenvalue weighted by Crippen LogP contribution is 2.20. The number of aryl methyl sites for hydroxylation is 1. The van der Waals surface area contributed by atoms with Gasteiger partial charge in [0.1, 0.15) is 0 Å². The van der Waals surface area contributed by atoms with E-state index in [1.807, 2.05) is 38.1 Å². The van der Waals surface area contributed by atoms with Crippen LogP contribution in [0.5, 0.6) is 0 Å². The SMILES string of the molecule is CCNC(=NCC(C)c1cccs1)NCCNC(=O)c1cccc(C)c1.I. The van der Waals surface area contributed by atoms with E-state index in [9.17, 15) is 4.79 Å². The zero-order chi connectivity index (χ0) is 18.8. The molecule has 0 radical (unpaired) electrons. The summed E-state index contributed by atoms with van der Waals surface area (Å²) in [6.07, 6.45) is 0. The Hall–Kier alpha value is -1.61. The van der Waals surface area contributed by atoms with Crippen molar-refractivity contribution in [1.29, 1.82) is 0 Å². The van der Waals surface area contributed by atoms with Crippen LogP contribution in [0.4, 0.5) is 0 Å². The number of thiophene rings is 1. The summed E-state index contributed by atoms with van der Waals surface area (Å²) in [6.45, 7) is 8.89. The smallest absolute Gasteiger partial charge is 0.251 e. The molecule has 2 rings (SSSR count). The van der Waals surface area contributed by atoms with Gasteiger partial charge in [0, 0.05) is 36.0 Å².